The van der Waals surface area contributed by atoms with Crippen LogP contribution in [0.25, 0.3) is 0 Å². The van der Waals surface area contributed by atoms with E-state index in [2.05, 4.69) is 106 Å². The minimum Gasteiger partial charge on any atom is -0.476 e. The van der Waals surface area contributed by atoms with E-state index in [1.165, 1.54) is 64.6 Å². The van der Waals surface area contributed by atoms with Crippen molar-refractivity contribution < 1.29 is 80.4 Å². The van der Waals surface area contributed by atoms with Crippen LogP contribution in [0.1, 0.15) is 132 Å². The first kappa shape index (κ1) is 91.2. The molecule has 1 amide bonds. The molecule has 0 saturated carbocycles. The van der Waals surface area contributed by atoms with E-state index in [4.69, 9.17) is 86.8 Å². The zero-order valence-electron chi connectivity index (χ0n) is 47.4. The Bertz CT molecular complexity index is 2500. The van der Waals surface area contributed by atoms with E-state index in [9.17, 15) is 46.5 Å². The molecule has 0 aliphatic heterocycles. The summed E-state index contributed by atoms with van der Waals surface area (Å²) in [5, 5.41) is 30.1. The molecule has 0 unspecified atom stereocenters. The van der Waals surface area contributed by atoms with Gasteiger partial charge in [-0.1, -0.05) is 50.7 Å². The fraction of sp³-hybridized carbons (Fsp3) is 0.512. The third kappa shape index (κ3) is 61.1. The number of anilines is 2. The minimum absolute atomic E-state index is 0.0336. The molecule has 0 spiro atoms. The number of nitrogens with one attached hydrogen (secondary N) is 5. The first-order valence-corrected chi connectivity index (χ1v) is 30.6. The van der Waals surface area contributed by atoms with Crippen molar-refractivity contribution in [3.8, 4) is 0 Å². The molecule has 13 N–H and O–H groups in total. The number of nitrogens with zero attached hydrogens (tertiary/aromatic N) is 4. The van der Waals surface area contributed by atoms with Crippen molar-refractivity contribution >= 4 is 210 Å². The highest BCUT2D eigenvalue weighted by Gasteiger charge is 2.22. The van der Waals surface area contributed by atoms with E-state index < -0.39 is 52.2 Å². The number of aromatic carboxylic acids is 1. The van der Waals surface area contributed by atoms with Crippen molar-refractivity contribution in [1.82, 2.24) is 30.8 Å². The number of thiazole rings is 4. The van der Waals surface area contributed by atoms with Crippen molar-refractivity contribution in [1.29, 1.82) is 5.41 Å². The van der Waals surface area contributed by atoms with Crippen molar-refractivity contribution in [2.45, 2.75) is 105 Å². The van der Waals surface area contributed by atoms with Crippen LogP contribution in [0.3, 0.4) is 0 Å². The van der Waals surface area contributed by atoms with Gasteiger partial charge in [0.1, 0.15) is 11.2 Å². The van der Waals surface area contributed by atoms with Gasteiger partial charge in [0, 0.05) is 48.3 Å². The number of alkyl halides is 4. The Hall–Kier alpha value is -4.03. The summed E-state index contributed by atoms with van der Waals surface area (Å²) in [7, 11) is -3.67. The monoisotopic (exact) mass is 1550 g/mol. The normalized spacial score (nSPS) is 9.63. The third-order valence-corrected chi connectivity index (χ3v) is 11.7. The number of Topliss-reactive ketones (excluding diaryl/α,β-unsaturated/α-hetero) is 1. The number of carbonyl (C=O) groups is 7. The Kier molecular flexibility index (Phi) is 57.8. The molecule has 26 nitrogen and oxygen atoms in total. The Morgan fingerprint density at radius 2 is 1.01 bits per heavy atom. The fourth-order valence-corrected chi connectivity index (χ4v) is 6.48. The van der Waals surface area contributed by atoms with Crippen LogP contribution < -0.4 is 39.1 Å². The number of halogens is 9. The standard InChI is InChI=1S/C8H10BrNO2S.C8H13N3O2S.C6H9N3O2S.C5H7BrO3.C4H2BrNO2S.C4H10O.C3H4Cl3N.C3H7N3OS.C2H6O.BF3/c1-8(2,3)12-6(11)5-4-13-7(9)10-5;1-8(2,3)13-6(12)5-4-14-7(10-5)11-9;1-2-11-5(10)4-3-12-6(8-4)9-7;1-2-9-5(8)4(7)3-6;5-4-6-2(1-9-4)3(7)8;1-3-5-4-2;1-2(7)3(4,5)6;1-2(7)5-6-3(4)8;1-2-3;2-1(3)4/h4H,1-3H3;4H,9H2,1-3H3,(H,10,11);3H,2,7H2,1H3,(H,8,9);2-3H2,1H3;1H,(H,7,8);3-4H2,1-2H3;7H,1H3;1H3,(H,5,7)(H3,4,6,8);3H,2H2,1H3;. The quantitative estimate of drug-likeness (QED) is 0.00725. The fourth-order valence-electron chi connectivity index (χ4n) is 3.05. The summed E-state index contributed by atoms with van der Waals surface area (Å²) in [6.07, 6.45) is 0. The smallest absolute Gasteiger partial charge is 0.476 e. The summed E-state index contributed by atoms with van der Waals surface area (Å²) in [5.41, 5.74) is 14.2. The van der Waals surface area contributed by atoms with Gasteiger partial charge in [-0.2, -0.15) is 0 Å². The predicted octanol–water partition coefficient (Wildman–Crippen LogP) is 10.2. The van der Waals surface area contributed by atoms with Crippen LogP contribution in [0.4, 0.5) is 23.2 Å². The summed E-state index contributed by atoms with van der Waals surface area (Å²) in [6, 6.07) is 0. The summed E-state index contributed by atoms with van der Waals surface area (Å²) >= 11 is 34.1. The Morgan fingerprint density at radius 3 is 1.21 bits per heavy atom. The van der Waals surface area contributed by atoms with Gasteiger partial charge in [-0.15, -0.1) is 45.3 Å². The number of rotatable bonds is 12. The lowest BCUT2D eigenvalue weighted by Gasteiger charge is -2.18. The number of carbonyl (C=O) groups excluding carboxylic acids is 6. The van der Waals surface area contributed by atoms with Crippen LogP contribution >= 0.6 is 140 Å². The Balaban J connectivity index is -0.000000207. The molecule has 41 heteroatoms. The molecular formula is C43H68BBr3Cl3F3N12O14S5. The van der Waals surface area contributed by atoms with Gasteiger partial charge in [-0.25, -0.2) is 55.6 Å². The number of aromatic nitrogens is 4. The second-order valence-electron chi connectivity index (χ2n) is 15.3. The van der Waals surface area contributed by atoms with Gasteiger partial charge in [-0.3, -0.25) is 44.2 Å². The number of esters is 4. The molecule has 0 aromatic carbocycles. The molecule has 0 saturated heterocycles. The Labute approximate surface area is 546 Å². The summed E-state index contributed by atoms with van der Waals surface area (Å²) in [5.74, 6) is 6.46. The average molecular weight is 1550 g/mol. The lowest BCUT2D eigenvalue weighted by Crippen LogP contribution is -2.43. The molecule has 4 heterocycles. The summed E-state index contributed by atoms with van der Waals surface area (Å²) in [6.45, 7) is 25.3. The summed E-state index contributed by atoms with van der Waals surface area (Å²) in [4.78, 5) is 90.2. The molecule has 0 aliphatic rings. The highest BCUT2D eigenvalue weighted by atomic mass is 79.9. The lowest BCUT2D eigenvalue weighted by atomic mass is 10.2. The van der Waals surface area contributed by atoms with Crippen LogP contribution in [-0.2, 0) is 38.1 Å². The van der Waals surface area contributed by atoms with E-state index in [1.807, 2.05) is 34.6 Å². The highest BCUT2D eigenvalue weighted by Crippen LogP contribution is 2.26. The maximum Gasteiger partial charge on any atom is 0.762 e. The van der Waals surface area contributed by atoms with Gasteiger partial charge >= 0.3 is 37.4 Å². The number of nitrogen functional groups attached to an aromatic ring is 2. The number of hydrogen-bond acceptors (Lipinski definition) is 27. The minimum atomic E-state index is -3.67. The lowest BCUT2D eigenvalue weighted by molar-refractivity contribution is -0.152. The SMILES string of the molecule is CC(=N)C(Cl)(Cl)Cl.CC(=O)NNC(N)=S.CC(C)(C)OC(=O)c1csc(Br)n1.CC(C)(C)OC(=O)c1csc(NN)n1.CCO.CCOC(=O)C(=O)CBr.CCOC(=O)c1csc(NN)n1.CCOCC.FB(F)F.O=C(O)c1csc(Br)n1. The molecule has 84 heavy (non-hydrogen) atoms. The number of ether oxygens (including phenoxy) is 5. The number of ketones is 1. The first-order chi connectivity index (χ1) is 38.6. The molecule has 0 radical (unpaired) electrons. The molecule has 0 aliphatic carbocycles. The van der Waals surface area contributed by atoms with E-state index in [-0.39, 0.29) is 58.3 Å². The van der Waals surface area contributed by atoms with Gasteiger partial charge in [-0.05, 0) is 127 Å². The van der Waals surface area contributed by atoms with Gasteiger partial charge in [0.05, 0.1) is 24.3 Å². The average Bonchev–Trinajstić information content (AvgIpc) is 4.23. The maximum atomic E-state index is 11.4. The van der Waals surface area contributed by atoms with Gasteiger partial charge in [0.15, 0.2) is 46.0 Å². The second kappa shape index (κ2) is 53.2. The third-order valence-electron chi connectivity index (χ3n) is 5.95. The highest BCUT2D eigenvalue weighted by molar-refractivity contribution is 9.11. The van der Waals surface area contributed by atoms with Gasteiger partial charge in [0.2, 0.25) is 15.5 Å². The van der Waals surface area contributed by atoms with Crippen molar-refractivity contribution in [3.63, 3.8) is 0 Å². The number of nitrogens with two attached hydrogens (primary N) is 3. The van der Waals surface area contributed by atoms with Crippen molar-refractivity contribution in [3.05, 3.63) is 52.1 Å². The van der Waals surface area contributed by atoms with E-state index in [0.717, 1.165) is 13.2 Å². The number of hydrogen-bond donors (Lipinski definition) is 10. The number of carboxylic acid groups (broad SMARTS) is 1. The molecular weight excluding hydrogens is 1480 g/mol. The largest absolute Gasteiger partial charge is 0.762 e. The van der Waals surface area contributed by atoms with Crippen LogP contribution in [0, 0.1) is 5.41 Å². The molecule has 0 fully saturated rings. The van der Waals surface area contributed by atoms with Crippen LogP contribution in [0.15, 0.2) is 29.4 Å². The summed E-state index contributed by atoms with van der Waals surface area (Å²) < 4.78 is 53.0. The van der Waals surface area contributed by atoms with E-state index in [0.29, 0.717) is 30.4 Å². The van der Waals surface area contributed by atoms with E-state index in [1.54, 1.807) is 57.7 Å². The number of aliphatic hydroxyl groups excluding tert-OH is 1. The van der Waals surface area contributed by atoms with Crippen molar-refractivity contribution in [2.75, 3.05) is 49.2 Å². The van der Waals surface area contributed by atoms with Gasteiger partial charge < -0.3 is 45.0 Å². The van der Waals surface area contributed by atoms with Crippen LogP contribution in [0.2, 0.25) is 0 Å². The number of amides is 1. The Morgan fingerprint density at radius 1 is 0.679 bits per heavy atom. The zero-order valence-corrected chi connectivity index (χ0v) is 58.5. The van der Waals surface area contributed by atoms with Crippen LogP contribution in [-0.4, -0.2) is 143 Å². The first-order valence-electron chi connectivity index (χ1n) is 22.9. The van der Waals surface area contributed by atoms with Crippen molar-refractivity contribution in [2.24, 2.45) is 17.4 Å². The zero-order chi connectivity index (χ0) is 67.0. The van der Waals surface area contributed by atoms with E-state index >= 15 is 0 Å². The topological polar surface area (TPSA) is 408 Å². The predicted molar refractivity (Wildman–Crippen MR) is 340 cm³/mol. The van der Waals surface area contributed by atoms with Crippen LogP contribution in [0.5, 0.6) is 0 Å². The number of thiocarbonyl (C=S) groups is 1. The molecule has 4 aromatic heterocycles. The number of aliphatic hydroxyl groups is 1. The molecule has 0 atom stereocenters. The van der Waals surface area contributed by atoms with Gasteiger partial charge in [0.25, 0.3) is 0 Å². The molecule has 4 aromatic rings. The molecule has 4 rings (SSSR count). The number of hydrazine groups is 3. The number of carboxylic acids is 1. The maximum absolute atomic E-state index is 11.4. The second-order valence-corrected chi connectivity index (χ2v) is 24.5. The molecule has 480 valence electrons. The molecule has 0 bridgehead atoms.